The summed E-state index contributed by atoms with van der Waals surface area (Å²) < 4.78 is 0.715. The Balaban J connectivity index is 2.41. The van der Waals surface area contributed by atoms with E-state index in [0.717, 1.165) is 5.69 Å². The maximum atomic E-state index is 6.07. The van der Waals surface area contributed by atoms with Gasteiger partial charge in [-0.15, -0.1) is 0 Å². The monoisotopic (exact) mass is 380 g/mol. The molecular formula is C11H8BrCl3N4. The van der Waals surface area contributed by atoms with Crippen molar-refractivity contribution in [2.24, 2.45) is 5.84 Å². The third-order valence-electron chi connectivity index (χ3n) is 2.27. The summed E-state index contributed by atoms with van der Waals surface area (Å²) in [5.41, 5.74) is 3.12. The van der Waals surface area contributed by atoms with Gasteiger partial charge >= 0.3 is 0 Å². The molecule has 1 aromatic heterocycles. The normalized spacial score (nSPS) is 10.4. The molecule has 2 rings (SSSR count). The molecule has 0 unspecified atom stereocenters. The quantitative estimate of drug-likeness (QED) is 0.525. The van der Waals surface area contributed by atoms with E-state index < -0.39 is 0 Å². The van der Waals surface area contributed by atoms with Crippen LogP contribution in [-0.4, -0.2) is 4.98 Å². The van der Waals surface area contributed by atoms with Gasteiger partial charge in [0.1, 0.15) is 0 Å². The second-order valence-corrected chi connectivity index (χ2v) is 5.53. The predicted octanol–water partition coefficient (Wildman–Crippen LogP) is 4.83. The smallest absolute Gasteiger partial charge is 0.161 e. The number of hydrogen-bond donors (Lipinski definition) is 3. The Morgan fingerprint density at radius 1 is 1.05 bits per heavy atom. The van der Waals surface area contributed by atoms with Crippen LogP contribution in [-0.2, 0) is 0 Å². The molecule has 0 amide bonds. The molecule has 0 saturated heterocycles. The minimum Gasteiger partial charge on any atom is -0.338 e. The van der Waals surface area contributed by atoms with Gasteiger partial charge in [0.15, 0.2) is 11.6 Å². The number of nitrogen functional groups attached to an aromatic ring is 1. The van der Waals surface area contributed by atoms with Crippen molar-refractivity contribution in [2.75, 3.05) is 10.7 Å². The van der Waals surface area contributed by atoms with E-state index in [1.54, 1.807) is 18.2 Å². The largest absolute Gasteiger partial charge is 0.338 e. The lowest BCUT2D eigenvalue weighted by Gasteiger charge is -2.12. The zero-order chi connectivity index (χ0) is 14.0. The van der Waals surface area contributed by atoms with Crippen LogP contribution in [0.5, 0.6) is 0 Å². The number of hydrazine groups is 1. The summed E-state index contributed by atoms with van der Waals surface area (Å²) in [6.07, 6.45) is 0. The molecule has 8 heteroatoms. The summed E-state index contributed by atoms with van der Waals surface area (Å²) in [4.78, 5) is 4.18. The molecule has 0 atom stereocenters. The van der Waals surface area contributed by atoms with Crippen molar-refractivity contribution in [3.05, 3.63) is 43.8 Å². The molecule has 100 valence electrons. The maximum Gasteiger partial charge on any atom is 0.161 e. The molecule has 0 spiro atoms. The summed E-state index contributed by atoms with van der Waals surface area (Å²) >= 11 is 21.4. The van der Waals surface area contributed by atoms with Gasteiger partial charge in [0, 0.05) is 0 Å². The van der Waals surface area contributed by atoms with Gasteiger partial charge < -0.3 is 10.7 Å². The highest BCUT2D eigenvalue weighted by atomic mass is 79.9. The number of halogens is 4. The van der Waals surface area contributed by atoms with Crippen LogP contribution in [0.1, 0.15) is 0 Å². The van der Waals surface area contributed by atoms with E-state index in [1.807, 2.05) is 6.07 Å². The topological polar surface area (TPSA) is 63.0 Å². The van der Waals surface area contributed by atoms with Gasteiger partial charge in [-0.1, -0.05) is 40.9 Å². The first kappa shape index (κ1) is 14.7. The Morgan fingerprint density at radius 2 is 1.74 bits per heavy atom. The lowest BCUT2D eigenvalue weighted by Crippen LogP contribution is -2.10. The molecule has 4 N–H and O–H groups in total. The molecule has 0 aliphatic rings. The molecule has 0 saturated carbocycles. The molecule has 0 radical (unpaired) electrons. The highest BCUT2D eigenvalue weighted by Crippen LogP contribution is 2.35. The number of nitrogens with zero attached hydrogens (tertiary/aromatic N) is 1. The average molecular weight is 382 g/mol. The van der Waals surface area contributed by atoms with Gasteiger partial charge in [0.05, 0.1) is 25.2 Å². The van der Waals surface area contributed by atoms with Crippen molar-refractivity contribution < 1.29 is 0 Å². The lowest BCUT2D eigenvalue weighted by atomic mass is 10.3. The number of hydrogen-bond acceptors (Lipinski definition) is 4. The van der Waals surface area contributed by atoms with Crippen LogP contribution in [0.3, 0.4) is 0 Å². The fraction of sp³-hybridized carbons (Fsp3) is 0. The molecule has 0 fully saturated rings. The third kappa shape index (κ3) is 3.24. The van der Waals surface area contributed by atoms with E-state index in [1.165, 1.54) is 0 Å². The maximum absolute atomic E-state index is 6.07. The van der Waals surface area contributed by atoms with Crippen LogP contribution < -0.4 is 16.6 Å². The second-order valence-electron chi connectivity index (χ2n) is 3.52. The molecular weight excluding hydrogens is 374 g/mol. The number of anilines is 3. The minimum atomic E-state index is 0.326. The molecule has 0 aliphatic carbocycles. The Labute approximate surface area is 133 Å². The average Bonchev–Trinajstić information content (AvgIpc) is 2.38. The fourth-order valence-corrected chi connectivity index (χ4v) is 2.38. The van der Waals surface area contributed by atoms with Crippen molar-refractivity contribution in [2.45, 2.75) is 0 Å². The molecule has 0 aliphatic heterocycles. The highest BCUT2D eigenvalue weighted by Gasteiger charge is 2.11. The summed E-state index contributed by atoms with van der Waals surface area (Å²) in [6, 6.07) is 6.95. The predicted molar refractivity (Wildman–Crippen MR) is 84.5 cm³/mol. The van der Waals surface area contributed by atoms with Gasteiger partial charge in [0.25, 0.3) is 0 Å². The fourth-order valence-electron chi connectivity index (χ4n) is 1.38. The van der Waals surface area contributed by atoms with E-state index >= 15 is 0 Å². The summed E-state index contributed by atoms with van der Waals surface area (Å²) in [5, 5.41) is 4.34. The molecule has 0 bridgehead atoms. The first-order valence-electron chi connectivity index (χ1n) is 5.06. The summed E-state index contributed by atoms with van der Waals surface area (Å²) in [7, 11) is 0. The molecule has 1 heterocycles. The van der Waals surface area contributed by atoms with Gasteiger partial charge in [-0.25, -0.2) is 10.8 Å². The Morgan fingerprint density at radius 3 is 2.42 bits per heavy atom. The Bertz CT molecular complexity index is 621. The third-order valence-corrected chi connectivity index (χ3v) is 4.24. The van der Waals surface area contributed by atoms with Crippen LogP contribution in [0.2, 0.25) is 15.1 Å². The van der Waals surface area contributed by atoms with Crippen molar-refractivity contribution in [3.63, 3.8) is 0 Å². The molecule has 1 aromatic carbocycles. The van der Waals surface area contributed by atoms with Crippen molar-refractivity contribution in [1.29, 1.82) is 0 Å². The first-order valence-corrected chi connectivity index (χ1v) is 6.99. The second kappa shape index (κ2) is 6.15. The number of nitrogens with two attached hydrogens (primary N) is 1. The van der Waals surface area contributed by atoms with E-state index in [9.17, 15) is 0 Å². The Kier molecular flexibility index (Phi) is 4.76. The summed E-state index contributed by atoms with van der Waals surface area (Å²) in [5.74, 6) is 6.06. The molecule has 4 nitrogen and oxygen atoms in total. The van der Waals surface area contributed by atoms with Crippen LogP contribution in [0.15, 0.2) is 28.7 Å². The Hall–Kier alpha value is -0.720. The van der Waals surface area contributed by atoms with Crippen molar-refractivity contribution in [1.82, 2.24) is 4.98 Å². The van der Waals surface area contributed by atoms with Gasteiger partial charge in [-0.05, 0) is 34.1 Å². The highest BCUT2D eigenvalue weighted by molar-refractivity contribution is 9.10. The van der Waals surface area contributed by atoms with Crippen LogP contribution >= 0.6 is 50.7 Å². The number of aromatic nitrogens is 1. The van der Waals surface area contributed by atoms with Crippen LogP contribution in [0, 0.1) is 0 Å². The van der Waals surface area contributed by atoms with Crippen molar-refractivity contribution >= 4 is 68.1 Å². The number of rotatable bonds is 3. The van der Waals surface area contributed by atoms with Crippen LogP contribution in [0.4, 0.5) is 17.3 Å². The van der Waals surface area contributed by atoms with Gasteiger partial charge in [0.2, 0.25) is 0 Å². The van der Waals surface area contributed by atoms with E-state index in [0.29, 0.717) is 31.2 Å². The number of benzene rings is 1. The van der Waals surface area contributed by atoms with Gasteiger partial charge in [-0.3, -0.25) is 0 Å². The van der Waals surface area contributed by atoms with Crippen molar-refractivity contribution in [3.8, 4) is 0 Å². The molecule has 19 heavy (non-hydrogen) atoms. The SMILES string of the molecule is NNc1nc(Nc2cccc(Cl)c2Br)c(Cl)cc1Cl. The summed E-state index contributed by atoms with van der Waals surface area (Å²) in [6.45, 7) is 0. The standard InChI is InChI=1S/C11H8BrCl3N4/c12-9-5(13)2-1-3-8(9)17-10-6(14)4-7(15)11(18-10)19-16/h1-4H,16H2,(H2,17,18,19). The van der Waals surface area contributed by atoms with Crippen LogP contribution in [0.25, 0.3) is 0 Å². The number of nitrogens with one attached hydrogen (secondary N) is 2. The minimum absolute atomic E-state index is 0.326. The molecule has 2 aromatic rings. The van der Waals surface area contributed by atoms with E-state index in [4.69, 9.17) is 40.6 Å². The van der Waals surface area contributed by atoms with E-state index in [-0.39, 0.29) is 0 Å². The zero-order valence-electron chi connectivity index (χ0n) is 9.35. The van der Waals surface area contributed by atoms with Gasteiger partial charge in [-0.2, -0.15) is 0 Å². The first-order chi connectivity index (χ1) is 9.02. The lowest BCUT2D eigenvalue weighted by molar-refractivity contribution is 1.22. The zero-order valence-corrected chi connectivity index (χ0v) is 13.2. The number of pyridine rings is 1. The van der Waals surface area contributed by atoms with E-state index in [2.05, 4.69) is 31.7 Å².